The number of halogens is 6. The lowest BCUT2D eigenvalue weighted by atomic mass is 10.0. The Morgan fingerprint density at radius 3 is 2.19 bits per heavy atom. The summed E-state index contributed by atoms with van der Waals surface area (Å²) in [6.07, 6.45) is -2.91. The summed E-state index contributed by atoms with van der Waals surface area (Å²) in [5.41, 5.74) is 0.653. The third-order valence-corrected chi connectivity index (χ3v) is 4.39. The molecule has 1 aromatic carbocycles. The lowest BCUT2D eigenvalue weighted by molar-refractivity contribution is -0.147. The highest BCUT2D eigenvalue weighted by Gasteiger charge is 2.32. The molecule has 0 saturated carbocycles. The van der Waals surface area contributed by atoms with Crippen molar-refractivity contribution in [2.24, 2.45) is 0 Å². The van der Waals surface area contributed by atoms with E-state index in [4.69, 9.17) is 34.8 Å². The van der Waals surface area contributed by atoms with Crippen LogP contribution in [0.4, 0.5) is 18.9 Å². The third kappa shape index (κ3) is 5.09. The van der Waals surface area contributed by atoms with Crippen LogP contribution in [0.2, 0.25) is 15.1 Å². The first kappa shape index (κ1) is 17.0. The Morgan fingerprint density at radius 2 is 1.62 bits per heavy atom. The van der Waals surface area contributed by atoms with Crippen LogP contribution in [0.15, 0.2) is 12.1 Å². The highest BCUT2D eigenvalue weighted by Crippen LogP contribution is 2.33. The minimum atomic E-state index is -4.15. The molecule has 1 aliphatic rings. The second kappa shape index (κ2) is 6.82. The van der Waals surface area contributed by atoms with Crippen LogP contribution >= 0.6 is 34.8 Å². The number of nitrogens with one attached hydrogen (secondary N) is 1. The molecule has 0 unspecified atom stereocenters. The van der Waals surface area contributed by atoms with Gasteiger partial charge >= 0.3 is 6.18 Å². The van der Waals surface area contributed by atoms with Crippen molar-refractivity contribution >= 4 is 40.5 Å². The van der Waals surface area contributed by atoms with Crippen molar-refractivity contribution in [1.82, 2.24) is 4.90 Å². The van der Waals surface area contributed by atoms with Crippen molar-refractivity contribution in [3.63, 3.8) is 0 Å². The van der Waals surface area contributed by atoms with E-state index in [0.29, 0.717) is 46.7 Å². The molecule has 0 radical (unpaired) electrons. The van der Waals surface area contributed by atoms with E-state index < -0.39 is 12.7 Å². The maximum atomic E-state index is 12.3. The second-order valence-electron chi connectivity index (χ2n) is 5.06. The fraction of sp³-hybridized carbons (Fsp3) is 0.538. The number of hydrogen-bond donors (Lipinski definition) is 1. The van der Waals surface area contributed by atoms with Gasteiger partial charge in [-0.2, -0.15) is 13.2 Å². The Bertz CT molecular complexity index is 500. The fourth-order valence-corrected chi connectivity index (χ4v) is 2.94. The van der Waals surface area contributed by atoms with Gasteiger partial charge in [0, 0.05) is 19.1 Å². The Morgan fingerprint density at radius 1 is 1.05 bits per heavy atom. The number of piperidine rings is 1. The summed E-state index contributed by atoms with van der Waals surface area (Å²) in [5, 5.41) is 4.42. The number of rotatable bonds is 3. The van der Waals surface area contributed by atoms with Crippen LogP contribution in [0.1, 0.15) is 12.8 Å². The molecule has 0 atom stereocenters. The molecule has 118 valence electrons. The number of anilines is 1. The van der Waals surface area contributed by atoms with Gasteiger partial charge in [0.1, 0.15) is 0 Å². The highest BCUT2D eigenvalue weighted by atomic mass is 35.5. The molecular formula is C13H14Cl3F3N2. The van der Waals surface area contributed by atoms with Crippen molar-refractivity contribution in [3.8, 4) is 0 Å². The van der Waals surface area contributed by atoms with E-state index in [0.717, 1.165) is 0 Å². The molecule has 0 spiro atoms. The average molecular weight is 362 g/mol. The van der Waals surface area contributed by atoms with E-state index >= 15 is 0 Å². The van der Waals surface area contributed by atoms with E-state index in [1.54, 1.807) is 12.1 Å². The first-order chi connectivity index (χ1) is 9.74. The van der Waals surface area contributed by atoms with Crippen LogP contribution in [0, 0.1) is 0 Å². The largest absolute Gasteiger partial charge is 0.401 e. The molecule has 8 heteroatoms. The van der Waals surface area contributed by atoms with Gasteiger partial charge in [-0.25, -0.2) is 0 Å². The minimum Gasteiger partial charge on any atom is -0.381 e. The van der Waals surface area contributed by atoms with Crippen molar-refractivity contribution in [1.29, 1.82) is 0 Å². The van der Waals surface area contributed by atoms with E-state index in [-0.39, 0.29) is 6.04 Å². The van der Waals surface area contributed by atoms with Gasteiger partial charge in [-0.1, -0.05) is 34.8 Å². The van der Waals surface area contributed by atoms with Crippen molar-refractivity contribution < 1.29 is 13.2 Å². The summed E-state index contributed by atoms with van der Waals surface area (Å²) in [4.78, 5) is 1.41. The molecule has 0 aliphatic carbocycles. The number of benzene rings is 1. The van der Waals surface area contributed by atoms with E-state index in [9.17, 15) is 13.2 Å². The van der Waals surface area contributed by atoms with Gasteiger partial charge in [0.15, 0.2) is 0 Å². The molecule has 0 aromatic heterocycles. The summed E-state index contributed by atoms with van der Waals surface area (Å²) in [6, 6.07) is 3.25. The molecule has 1 aromatic rings. The van der Waals surface area contributed by atoms with Crippen LogP contribution in [0.25, 0.3) is 0 Å². The third-order valence-electron chi connectivity index (χ3n) is 3.36. The van der Waals surface area contributed by atoms with Crippen LogP contribution < -0.4 is 5.32 Å². The van der Waals surface area contributed by atoms with Gasteiger partial charge in [-0.3, -0.25) is 4.90 Å². The summed E-state index contributed by atoms with van der Waals surface area (Å²) in [6.45, 7) is -0.0561. The molecule has 1 saturated heterocycles. The highest BCUT2D eigenvalue weighted by molar-refractivity contribution is 6.44. The maximum absolute atomic E-state index is 12.3. The fourth-order valence-electron chi connectivity index (χ4n) is 2.34. The zero-order valence-electron chi connectivity index (χ0n) is 11.0. The first-order valence-corrected chi connectivity index (χ1v) is 7.58. The standard InChI is InChI=1S/C13H14Cl3F3N2/c14-9-5-11(16)12(6-10(9)15)20-8-1-3-21(4-2-8)7-13(17,18)19/h5-6,8,20H,1-4,7H2. The van der Waals surface area contributed by atoms with Crippen LogP contribution in [-0.2, 0) is 0 Å². The molecule has 1 N–H and O–H groups in total. The lowest BCUT2D eigenvalue weighted by Crippen LogP contribution is -2.43. The number of hydrogen-bond acceptors (Lipinski definition) is 2. The summed E-state index contributed by atoms with van der Waals surface area (Å²) in [7, 11) is 0. The molecule has 1 fully saturated rings. The number of likely N-dealkylation sites (tertiary alicyclic amines) is 1. The summed E-state index contributed by atoms with van der Waals surface area (Å²) >= 11 is 17.9. The zero-order valence-corrected chi connectivity index (χ0v) is 13.3. The van der Waals surface area contributed by atoms with E-state index in [1.807, 2.05) is 0 Å². The smallest absolute Gasteiger partial charge is 0.381 e. The van der Waals surface area contributed by atoms with Gasteiger partial charge in [0.25, 0.3) is 0 Å². The molecule has 1 heterocycles. The Hall–Kier alpha value is -0.360. The van der Waals surface area contributed by atoms with Crippen LogP contribution in [0.3, 0.4) is 0 Å². The molecule has 0 bridgehead atoms. The monoisotopic (exact) mass is 360 g/mol. The molecule has 2 nitrogen and oxygen atoms in total. The number of alkyl halides is 3. The van der Waals surface area contributed by atoms with Gasteiger partial charge in [0.05, 0.1) is 27.3 Å². The molecule has 0 amide bonds. The topological polar surface area (TPSA) is 15.3 Å². The van der Waals surface area contributed by atoms with Crippen molar-refractivity contribution in [2.75, 3.05) is 25.0 Å². The van der Waals surface area contributed by atoms with Gasteiger partial charge in [-0.05, 0) is 25.0 Å². The van der Waals surface area contributed by atoms with E-state index in [2.05, 4.69) is 5.32 Å². The van der Waals surface area contributed by atoms with Gasteiger partial charge < -0.3 is 5.32 Å². The van der Waals surface area contributed by atoms with E-state index in [1.165, 1.54) is 4.90 Å². The molecule has 21 heavy (non-hydrogen) atoms. The second-order valence-corrected chi connectivity index (χ2v) is 6.28. The van der Waals surface area contributed by atoms with Crippen LogP contribution in [-0.4, -0.2) is 36.8 Å². The van der Waals surface area contributed by atoms with Gasteiger partial charge in [0.2, 0.25) is 0 Å². The van der Waals surface area contributed by atoms with Crippen molar-refractivity contribution in [2.45, 2.75) is 25.1 Å². The minimum absolute atomic E-state index is 0.0734. The first-order valence-electron chi connectivity index (χ1n) is 6.45. The predicted molar refractivity (Wildman–Crippen MR) is 80.6 cm³/mol. The Balaban J connectivity index is 1.91. The Kier molecular flexibility index (Phi) is 5.52. The lowest BCUT2D eigenvalue weighted by Gasteiger charge is -2.33. The predicted octanol–water partition coefficient (Wildman–Crippen LogP) is 5.09. The van der Waals surface area contributed by atoms with Crippen LogP contribution in [0.5, 0.6) is 0 Å². The zero-order chi connectivity index (χ0) is 15.6. The van der Waals surface area contributed by atoms with Gasteiger partial charge in [-0.15, -0.1) is 0 Å². The maximum Gasteiger partial charge on any atom is 0.401 e. The normalized spacial score (nSPS) is 18.0. The number of nitrogens with zero attached hydrogens (tertiary/aromatic N) is 1. The SMILES string of the molecule is FC(F)(F)CN1CCC(Nc2cc(Cl)c(Cl)cc2Cl)CC1. The quantitative estimate of drug-likeness (QED) is 0.755. The summed E-state index contributed by atoms with van der Waals surface area (Å²) < 4.78 is 37.0. The molecule has 1 aliphatic heterocycles. The Labute approximate surface area is 136 Å². The molecular weight excluding hydrogens is 348 g/mol. The average Bonchev–Trinajstić information content (AvgIpc) is 2.36. The van der Waals surface area contributed by atoms with Crippen molar-refractivity contribution in [3.05, 3.63) is 27.2 Å². The summed E-state index contributed by atoms with van der Waals surface area (Å²) in [5.74, 6) is 0. The molecule has 2 rings (SSSR count).